The van der Waals surface area contributed by atoms with E-state index in [-0.39, 0.29) is 5.82 Å². The minimum atomic E-state index is -0.170. The lowest BCUT2D eigenvalue weighted by atomic mass is 9.94. The molecule has 0 bridgehead atoms. The molecule has 94 valence electrons. The average Bonchev–Trinajstić information content (AvgIpc) is 2.87. The second-order valence-corrected chi connectivity index (χ2v) is 5.75. The summed E-state index contributed by atoms with van der Waals surface area (Å²) >= 11 is 1.86. The first-order valence-electron chi connectivity index (χ1n) is 6.37. The molecule has 1 aromatic heterocycles. The zero-order valence-corrected chi connectivity index (χ0v) is 11.0. The molecule has 1 atom stereocenters. The predicted octanol–water partition coefficient (Wildman–Crippen LogP) is 4.05. The van der Waals surface area contributed by atoms with Crippen LogP contribution < -0.4 is 5.32 Å². The van der Waals surface area contributed by atoms with Crippen LogP contribution >= 0.6 is 11.3 Å². The first-order chi connectivity index (χ1) is 8.83. The van der Waals surface area contributed by atoms with Gasteiger partial charge in [0.05, 0.1) is 0 Å². The lowest BCUT2D eigenvalue weighted by molar-refractivity contribution is 0.463. The summed E-state index contributed by atoms with van der Waals surface area (Å²) in [5.74, 6) is -0.170. The molecule has 1 unspecified atom stereocenters. The molecular weight excluding hydrogens is 245 g/mol. The maximum atomic E-state index is 12.8. The molecule has 2 aromatic rings. The Kier molecular flexibility index (Phi) is 3.43. The molecule has 1 nitrogen and oxygen atoms in total. The Morgan fingerprint density at radius 1 is 1.22 bits per heavy atom. The van der Waals surface area contributed by atoms with E-state index in [9.17, 15) is 4.39 Å². The number of halogens is 1. The second kappa shape index (κ2) is 5.21. The molecule has 0 aliphatic heterocycles. The SMILES string of the molecule is Fc1ccc(CNC2CCCc3sccc32)cc1. The van der Waals surface area contributed by atoms with Crippen molar-refractivity contribution in [2.75, 3.05) is 0 Å². The van der Waals surface area contributed by atoms with Crippen molar-refractivity contribution in [1.82, 2.24) is 5.32 Å². The molecule has 0 radical (unpaired) electrons. The van der Waals surface area contributed by atoms with Gasteiger partial charge < -0.3 is 5.32 Å². The quantitative estimate of drug-likeness (QED) is 0.878. The smallest absolute Gasteiger partial charge is 0.123 e. The topological polar surface area (TPSA) is 12.0 Å². The maximum Gasteiger partial charge on any atom is 0.123 e. The van der Waals surface area contributed by atoms with E-state index in [1.54, 1.807) is 0 Å². The monoisotopic (exact) mass is 261 g/mol. The van der Waals surface area contributed by atoms with Crippen molar-refractivity contribution in [2.24, 2.45) is 0 Å². The van der Waals surface area contributed by atoms with Crippen LogP contribution in [0.2, 0.25) is 0 Å². The first-order valence-corrected chi connectivity index (χ1v) is 7.25. The molecule has 1 heterocycles. The second-order valence-electron chi connectivity index (χ2n) is 4.75. The lowest BCUT2D eigenvalue weighted by Gasteiger charge is -2.23. The van der Waals surface area contributed by atoms with Crippen molar-refractivity contribution in [1.29, 1.82) is 0 Å². The Bertz CT molecular complexity index is 518. The predicted molar refractivity (Wildman–Crippen MR) is 73.2 cm³/mol. The standard InChI is InChI=1S/C15H16FNS/c16-12-6-4-11(5-7-12)10-17-14-2-1-3-15-13(14)8-9-18-15/h4-9,14,17H,1-3,10H2. The fourth-order valence-electron chi connectivity index (χ4n) is 2.54. The van der Waals surface area contributed by atoms with Crippen LogP contribution in [0.3, 0.4) is 0 Å². The van der Waals surface area contributed by atoms with Gasteiger partial charge in [-0.15, -0.1) is 11.3 Å². The summed E-state index contributed by atoms with van der Waals surface area (Å²) in [5, 5.41) is 5.77. The van der Waals surface area contributed by atoms with Gasteiger partial charge in [0.1, 0.15) is 5.82 Å². The summed E-state index contributed by atoms with van der Waals surface area (Å²) in [5.41, 5.74) is 2.60. The molecule has 18 heavy (non-hydrogen) atoms. The van der Waals surface area contributed by atoms with Gasteiger partial charge in [0.2, 0.25) is 0 Å². The van der Waals surface area contributed by atoms with E-state index in [4.69, 9.17) is 0 Å². The highest BCUT2D eigenvalue weighted by molar-refractivity contribution is 7.10. The summed E-state index contributed by atoms with van der Waals surface area (Å²) < 4.78 is 12.8. The summed E-state index contributed by atoms with van der Waals surface area (Å²) in [6.07, 6.45) is 3.68. The molecule has 3 heteroatoms. The van der Waals surface area contributed by atoms with Gasteiger partial charge in [-0.2, -0.15) is 0 Å². The Labute approximate surface area is 111 Å². The van der Waals surface area contributed by atoms with E-state index in [1.165, 1.54) is 41.8 Å². The molecule has 1 aromatic carbocycles. The van der Waals surface area contributed by atoms with Gasteiger partial charge in [-0.25, -0.2) is 4.39 Å². The van der Waals surface area contributed by atoms with Gasteiger partial charge >= 0.3 is 0 Å². The normalized spacial score (nSPS) is 18.6. The van der Waals surface area contributed by atoms with Crippen molar-refractivity contribution >= 4 is 11.3 Å². The third-order valence-corrected chi connectivity index (χ3v) is 4.51. The average molecular weight is 261 g/mol. The van der Waals surface area contributed by atoms with Crippen LogP contribution in [-0.4, -0.2) is 0 Å². The third-order valence-electron chi connectivity index (χ3n) is 3.52. The molecular formula is C15H16FNS. The molecule has 0 fully saturated rings. The Morgan fingerprint density at radius 2 is 2.06 bits per heavy atom. The molecule has 1 aliphatic rings. The van der Waals surface area contributed by atoms with E-state index in [1.807, 2.05) is 23.5 Å². The highest BCUT2D eigenvalue weighted by Crippen LogP contribution is 2.33. The van der Waals surface area contributed by atoms with Crippen molar-refractivity contribution < 1.29 is 4.39 Å². The summed E-state index contributed by atoms with van der Waals surface area (Å²) in [4.78, 5) is 1.53. The van der Waals surface area contributed by atoms with Crippen LogP contribution in [-0.2, 0) is 13.0 Å². The Hall–Kier alpha value is -1.19. The van der Waals surface area contributed by atoms with E-state index in [2.05, 4.69) is 16.8 Å². The van der Waals surface area contributed by atoms with Crippen LogP contribution in [0, 0.1) is 5.82 Å². The van der Waals surface area contributed by atoms with Crippen LogP contribution in [0.1, 0.15) is 34.9 Å². The number of nitrogens with one attached hydrogen (secondary N) is 1. The van der Waals surface area contributed by atoms with E-state index in [0.717, 1.165) is 12.1 Å². The summed E-state index contributed by atoms with van der Waals surface area (Å²) in [6.45, 7) is 0.806. The van der Waals surface area contributed by atoms with Crippen LogP contribution in [0.4, 0.5) is 4.39 Å². The van der Waals surface area contributed by atoms with Gasteiger partial charge in [0.25, 0.3) is 0 Å². The Morgan fingerprint density at radius 3 is 2.89 bits per heavy atom. The van der Waals surface area contributed by atoms with Gasteiger partial charge in [-0.3, -0.25) is 0 Å². The zero-order chi connectivity index (χ0) is 12.4. The number of hydrogen-bond donors (Lipinski definition) is 1. The Balaban J connectivity index is 1.66. The largest absolute Gasteiger partial charge is 0.306 e. The van der Waals surface area contributed by atoms with Crippen molar-refractivity contribution in [3.05, 3.63) is 57.5 Å². The summed E-state index contributed by atoms with van der Waals surface area (Å²) in [6, 6.07) is 9.44. The van der Waals surface area contributed by atoms with E-state index < -0.39 is 0 Å². The highest BCUT2D eigenvalue weighted by Gasteiger charge is 2.20. The van der Waals surface area contributed by atoms with Crippen LogP contribution in [0.5, 0.6) is 0 Å². The number of fused-ring (bicyclic) bond motifs is 1. The van der Waals surface area contributed by atoms with Gasteiger partial charge in [0, 0.05) is 17.5 Å². The number of hydrogen-bond acceptors (Lipinski definition) is 2. The molecule has 0 amide bonds. The van der Waals surface area contributed by atoms with Gasteiger partial charge in [0.15, 0.2) is 0 Å². The fourth-order valence-corrected chi connectivity index (χ4v) is 3.53. The minimum Gasteiger partial charge on any atom is -0.306 e. The van der Waals surface area contributed by atoms with E-state index in [0.29, 0.717) is 6.04 Å². The molecule has 3 rings (SSSR count). The fraction of sp³-hybridized carbons (Fsp3) is 0.333. The maximum absolute atomic E-state index is 12.8. The minimum absolute atomic E-state index is 0.170. The first kappa shape index (κ1) is 11.9. The van der Waals surface area contributed by atoms with Crippen molar-refractivity contribution in [3.63, 3.8) is 0 Å². The number of thiophene rings is 1. The summed E-state index contributed by atoms with van der Waals surface area (Å²) in [7, 11) is 0. The molecule has 0 saturated carbocycles. The third kappa shape index (κ3) is 2.47. The number of aryl methyl sites for hydroxylation is 1. The van der Waals surface area contributed by atoms with Crippen molar-refractivity contribution in [2.45, 2.75) is 31.8 Å². The van der Waals surface area contributed by atoms with E-state index >= 15 is 0 Å². The van der Waals surface area contributed by atoms with Crippen LogP contribution in [0.25, 0.3) is 0 Å². The van der Waals surface area contributed by atoms with Gasteiger partial charge in [-0.1, -0.05) is 12.1 Å². The van der Waals surface area contributed by atoms with Crippen LogP contribution in [0.15, 0.2) is 35.7 Å². The highest BCUT2D eigenvalue weighted by atomic mass is 32.1. The molecule has 0 spiro atoms. The number of benzene rings is 1. The zero-order valence-electron chi connectivity index (χ0n) is 10.2. The van der Waals surface area contributed by atoms with Crippen molar-refractivity contribution in [3.8, 4) is 0 Å². The lowest BCUT2D eigenvalue weighted by Crippen LogP contribution is -2.23. The molecule has 0 saturated heterocycles. The molecule has 1 N–H and O–H groups in total. The van der Waals surface area contributed by atoms with Gasteiger partial charge in [-0.05, 0) is 54.0 Å². The number of rotatable bonds is 3. The molecule has 1 aliphatic carbocycles.